The van der Waals surface area contributed by atoms with Crippen molar-refractivity contribution < 1.29 is 26.3 Å². The number of alkyl halides is 2. The van der Waals surface area contributed by atoms with Crippen molar-refractivity contribution in [2.24, 2.45) is 17.8 Å². The molecule has 4 atom stereocenters. The second-order valence-corrected chi connectivity index (χ2v) is 8.95. The summed E-state index contributed by atoms with van der Waals surface area (Å²) in [6.45, 7) is 4.55. The molecule has 1 N–H and O–H groups in total. The molecule has 0 saturated heterocycles. The predicted molar refractivity (Wildman–Crippen MR) is 54.7 cm³/mol. The third-order valence-electron chi connectivity index (χ3n) is 4.18. The Hall–Kier alpha value is 0.690. The average molecular weight is 309 g/mol. The van der Waals surface area contributed by atoms with Crippen LogP contribution in [-0.2, 0) is 0 Å². The number of rotatable bonds is 3. The van der Waals surface area contributed by atoms with Crippen LogP contribution in [0.5, 0.6) is 0 Å². The fourth-order valence-electron chi connectivity index (χ4n) is 3.60. The van der Waals surface area contributed by atoms with Crippen molar-refractivity contribution in [2.45, 2.75) is 49.6 Å². The summed E-state index contributed by atoms with van der Waals surface area (Å²) in [5.74, 6) is 2.43. The van der Waals surface area contributed by atoms with Crippen LogP contribution in [0.25, 0.3) is 0 Å². The Labute approximate surface area is 97.9 Å². The van der Waals surface area contributed by atoms with Gasteiger partial charge in [0, 0.05) is 0 Å². The first-order chi connectivity index (χ1) is 6.71. The number of aliphatic hydroxyl groups is 1. The molecule has 2 unspecified atom stereocenters. The van der Waals surface area contributed by atoms with Gasteiger partial charge in [0.05, 0.1) is 0 Å². The van der Waals surface area contributed by atoms with Crippen LogP contribution < -0.4 is 21.2 Å². The van der Waals surface area contributed by atoms with Crippen molar-refractivity contribution in [3.8, 4) is 0 Å². The Morgan fingerprint density at radius 3 is 2.79 bits per heavy atom. The van der Waals surface area contributed by atoms with Crippen LogP contribution in [0, 0.1) is 17.8 Å². The molecule has 0 radical (unpaired) electrons. The van der Waals surface area contributed by atoms with E-state index in [1.54, 1.807) is 0 Å². The second-order valence-electron chi connectivity index (χ2n) is 4.79. The molecule has 0 spiro atoms. The maximum atomic E-state index is 10.7. The Morgan fingerprint density at radius 2 is 2.14 bits per heavy atom. The third kappa shape index (κ3) is 1.73. The Bertz CT molecular complexity index is 206. The molecule has 0 aromatic rings. The normalized spacial score (nSPS) is 47.2. The fourth-order valence-corrected chi connectivity index (χ4v) is 7.14. The van der Waals surface area contributed by atoms with E-state index < -0.39 is 0 Å². The van der Waals surface area contributed by atoms with Gasteiger partial charge in [-0.2, -0.15) is 0 Å². The van der Waals surface area contributed by atoms with Crippen molar-refractivity contribution in [3.63, 3.8) is 0 Å². The van der Waals surface area contributed by atoms with Gasteiger partial charge in [-0.15, -0.1) is 0 Å². The summed E-state index contributed by atoms with van der Waals surface area (Å²) in [5, 5.41) is 10.7. The molecular formula is C12H22IO-. The molecule has 14 heavy (non-hydrogen) atoms. The van der Waals surface area contributed by atoms with Crippen LogP contribution in [0.4, 0.5) is 0 Å². The van der Waals surface area contributed by atoms with E-state index in [2.05, 4.69) is 13.8 Å². The molecule has 0 amide bonds. The molecule has 2 saturated carbocycles. The van der Waals surface area contributed by atoms with Crippen molar-refractivity contribution in [1.29, 1.82) is 0 Å². The molecule has 2 heteroatoms. The molecular weight excluding hydrogens is 287 g/mol. The molecule has 0 bridgehead atoms. The van der Waals surface area contributed by atoms with E-state index in [9.17, 15) is 5.11 Å². The van der Waals surface area contributed by atoms with Crippen molar-refractivity contribution in [3.05, 3.63) is 0 Å². The van der Waals surface area contributed by atoms with Gasteiger partial charge in [0.25, 0.3) is 0 Å². The van der Waals surface area contributed by atoms with Gasteiger partial charge >= 0.3 is 98.1 Å². The molecule has 0 aliphatic heterocycles. The molecule has 0 heterocycles. The van der Waals surface area contributed by atoms with E-state index >= 15 is 0 Å². The first-order valence-corrected chi connectivity index (χ1v) is 8.64. The van der Waals surface area contributed by atoms with Crippen LogP contribution in [0.2, 0.25) is 0 Å². The number of hydrogen-bond donors (Lipinski definition) is 1. The molecule has 84 valence electrons. The number of halogens is 1. The number of fused-ring (bicyclic) bond motifs is 1. The van der Waals surface area contributed by atoms with Gasteiger partial charge in [0.2, 0.25) is 0 Å². The Kier molecular flexibility index (Phi) is 3.42. The monoisotopic (exact) mass is 309 g/mol. The summed E-state index contributed by atoms with van der Waals surface area (Å²) in [4.78, 5) is 0. The Morgan fingerprint density at radius 1 is 1.36 bits per heavy atom. The zero-order valence-corrected chi connectivity index (χ0v) is 11.5. The molecule has 2 rings (SSSR count). The third-order valence-corrected chi connectivity index (χ3v) is 7.51. The molecule has 2 fully saturated rings. The molecule has 0 aromatic heterocycles. The zero-order chi connectivity index (χ0) is 10.2. The summed E-state index contributed by atoms with van der Waals surface area (Å²) < 4.78 is 1.07. The van der Waals surface area contributed by atoms with E-state index in [0.717, 1.165) is 18.3 Å². The standard InChI is InChI=1S/C12H22IO/c1-3-9-8-12(14,13-4-2)11-7-5-6-10(9)11/h9-11,14H,3-8H2,1-2H3/q-1/t9-,10-,11?,12?/m1/s1. The Balaban J connectivity index is 2.13. The van der Waals surface area contributed by atoms with Gasteiger partial charge in [-0.1, -0.05) is 0 Å². The van der Waals surface area contributed by atoms with Crippen LogP contribution >= 0.6 is 0 Å². The van der Waals surface area contributed by atoms with Crippen molar-refractivity contribution in [2.75, 3.05) is 4.43 Å². The van der Waals surface area contributed by atoms with Gasteiger partial charge in [-0.3, -0.25) is 0 Å². The SMILES string of the molecule is CC[I-]C1(O)C[C@@H](CC)[C@H]2CCCC21. The summed E-state index contributed by atoms with van der Waals surface area (Å²) in [6, 6.07) is 0. The van der Waals surface area contributed by atoms with Gasteiger partial charge in [0.15, 0.2) is 0 Å². The van der Waals surface area contributed by atoms with Crippen LogP contribution in [0.15, 0.2) is 0 Å². The topological polar surface area (TPSA) is 20.2 Å². The first-order valence-electron chi connectivity index (χ1n) is 6.04. The van der Waals surface area contributed by atoms with E-state index in [-0.39, 0.29) is 24.8 Å². The van der Waals surface area contributed by atoms with Crippen LogP contribution in [-0.4, -0.2) is 13.1 Å². The summed E-state index contributed by atoms with van der Waals surface area (Å²) in [7, 11) is 0. The first kappa shape index (κ1) is 11.2. The van der Waals surface area contributed by atoms with Gasteiger partial charge in [-0.25, -0.2) is 0 Å². The van der Waals surface area contributed by atoms with Crippen LogP contribution in [0.3, 0.4) is 0 Å². The van der Waals surface area contributed by atoms with Crippen LogP contribution in [0.1, 0.15) is 46.0 Å². The summed E-state index contributed by atoms with van der Waals surface area (Å²) >= 11 is 0.0293. The van der Waals surface area contributed by atoms with E-state index in [0.29, 0.717) is 5.92 Å². The minimum atomic E-state index is -0.171. The van der Waals surface area contributed by atoms with Gasteiger partial charge < -0.3 is 0 Å². The van der Waals surface area contributed by atoms with E-state index in [4.69, 9.17) is 0 Å². The fraction of sp³-hybridized carbons (Fsp3) is 1.00. The molecule has 2 aliphatic rings. The summed E-state index contributed by atoms with van der Waals surface area (Å²) in [6.07, 6.45) is 6.52. The number of hydrogen-bond acceptors (Lipinski definition) is 1. The van der Waals surface area contributed by atoms with E-state index in [1.807, 2.05) is 0 Å². The predicted octanol–water partition coefficient (Wildman–Crippen LogP) is -0.370. The molecule has 0 aromatic carbocycles. The maximum absolute atomic E-state index is 10.7. The van der Waals surface area contributed by atoms with Crippen molar-refractivity contribution >= 4 is 0 Å². The minimum absolute atomic E-state index is 0.0293. The quantitative estimate of drug-likeness (QED) is 0.557. The molecule has 2 aliphatic carbocycles. The molecule has 1 nitrogen and oxygen atoms in total. The second kappa shape index (κ2) is 4.28. The van der Waals surface area contributed by atoms with E-state index in [1.165, 1.54) is 30.1 Å². The van der Waals surface area contributed by atoms with Crippen molar-refractivity contribution in [1.82, 2.24) is 0 Å². The zero-order valence-electron chi connectivity index (χ0n) is 9.30. The summed E-state index contributed by atoms with van der Waals surface area (Å²) in [5.41, 5.74) is 0. The average Bonchev–Trinajstić information content (AvgIpc) is 2.70. The van der Waals surface area contributed by atoms with Gasteiger partial charge in [0.1, 0.15) is 0 Å². The van der Waals surface area contributed by atoms with Gasteiger partial charge in [-0.05, 0) is 0 Å².